The summed E-state index contributed by atoms with van der Waals surface area (Å²) in [6.45, 7) is 7.27. The van der Waals surface area contributed by atoms with E-state index in [1.807, 2.05) is 0 Å². The van der Waals surface area contributed by atoms with Crippen molar-refractivity contribution in [3.05, 3.63) is 0 Å². The van der Waals surface area contributed by atoms with Crippen LogP contribution in [0.1, 0.15) is 46.0 Å². The van der Waals surface area contributed by atoms with Crippen LogP contribution in [0.5, 0.6) is 0 Å². The maximum absolute atomic E-state index is 11.7. The minimum atomic E-state index is -2.82. The number of rotatable bonds is 7. The molecule has 0 radical (unpaired) electrons. The summed E-state index contributed by atoms with van der Waals surface area (Å²) in [7, 11) is -2.82. The van der Waals surface area contributed by atoms with E-state index in [9.17, 15) is 8.42 Å². The van der Waals surface area contributed by atoms with Crippen molar-refractivity contribution >= 4 is 9.84 Å². The predicted octanol–water partition coefficient (Wildman–Crippen LogP) is 1.66. The quantitative estimate of drug-likeness (QED) is 0.776. The van der Waals surface area contributed by atoms with Crippen LogP contribution in [0.25, 0.3) is 0 Å². The first-order valence-corrected chi connectivity index (χ1v) is 10.5. The molecule has 3 rings (SSSR count). The van der Waals surface area contributed by atoms with Gasteiger partial charge >= 0.3 is 0 Å². The SMILES string of the molecule is CCS(=O)(=O)CCCN1CC(C2CC2)NCC1(C)C1CC1. The highest BCUT2D eigenvalue weighted by atomic mass is 32.2. The summed E-state index contributed by atoms with van der Waals surface area (Å²) in [4.78, 5) is 2.62. The monoisotopic (exact) mass is 314 g/mol. The maximum atomic E-state index is 11.7. The molecular weight excluding hydrogens is 284 g/mol. The Balaban J connectivity index is 1.59. The van der Waals surface area contributed by atoms with Gasteiger partial charge in [0.1, 0.15) is 9.84 Å². The summed E-state index contributed by atoms with van der Waals surface area (Å²) < 4.78 is 23.4. The van der Waals surface area contributed by atoms with Gasteiger partial charge in [-0.05, 0) is 57.4 Å². The summed E-state index contributed by atoms with van der Waals surface area (Å²) in [6.07, 6.45) is 6.22. The van der Waals surface area contributed by atoms with Crippen molar-refractivity contribution in [2.24, 2.45) is 11.8 Å². The van der Waals surface area contributed by atoms with Crippen LogP contribution in [0.4, 0.5) is 0 Å². The Morgan fingerprint density at radius 1 is 1.24 bits per heavy atom. The van der Waals surface area contributed by atoms with E-state index in [-0.39, 0.29) is 11.3 Å². The van der Waals surface area contributed by atoms with Crippen molar-refractivity contribution in [1.29, 1.82) is 0 Å². The lowest BCUT2D eigenvalue weighted by Crippen LogP contribution is -2.65. The van der Waals surface area contributed by atoms with E-state index in [1.54, 1.807) is 6.92 Å². The standard InChI is InChI=1S/C16H30N2O2S/c1-3-21(19,20)10-4-9-18-11-15(13-5-6-13)17-12-16(18,2)14-7-8-14/h13-15,17H,3-12H2,1-2H3. The first kappa shape index (κ1) is 15.8. The van der Waals surface area contributed by atoms with Crippen molar-refractivity contribution in [3.8, 4) is 0 Å². The summed E-state index contributed by atoms with van der Waals surface area (Å²) in [6, 6.07) is 0.639. The molecule has 0 amide bonds. The summed E-state index contributed by atoms with van der Waals surface area (Å²) in [5.74, 6) is 2.31. The Morgan fingerprint density at radius 2 is 1.95 bits per heavy atom. The van der Waals surface area contributed by atoms with Crippen molar-refractivity contribution in [3.63, 3.8) is 0 Å². The highest BCUT2D eigenvalue weighted by Crippen LogP contribution is 2.45. The van der Waals surface area contributed by atoms with Crippen LogP contribution in [0, 0.1) is 11.8 Å². The van der Waals surface area contributed by atoms with E-state index in [0.717, 1.165) is 37.9 Å². The first-order valence-electron chi connectivity index (χ1n) is 8.63. The molecule has 0 bridgehead atoms. The molecule has 0 spiro atoms. The molecule has 1 heterocycles. The lowest BCUT2D eigenvalue weighted by atomic mass is 9.88. The molecule has 1 saturated heterocycles. The number of nitrogens with zero attached hydrogens (tertiary/aromatic N) is 1. The van der Waals surface area contributed by atoms with E-state index in [4.69, 9.17) is 0 Å². The Bertz CT molecular complexity index is 471. The van der Waals surface area contributed by atoms with Crippen LogP contribution in [0.3, 0.4) is 0 Å². The molecule has 0 aromatic heterocycles. The number of nitrogens with one attached hydrogen (secondary N) is 1. The van der Waals surface area contributed by atoms with Gasteiger partial charge in [0.05, 0.1) is 5.75 Å². The molecule has 2 unspecified atom stereocenters. The first-order chi connectivity index (χ1) is 9.94. The maximum Gasteiger partial charge on any atom is 0.150 e. The van der Waals surface area contributed by atoms with Gasteiger partial charge in [0.25, 0.3) is 0 Å². The van der Waals surface area contributed by atoms with Gasteiger partial charge in [-0.2, -0.15) is 0 Å². The minimum absolute atomic E-state index is 0.251. The zero-order valence-corrected chi connectivity index (χ0v) is 14.3. The van der Waals surface area contributed by atoms with Crippen LogP contribution in [0.2, 0.25) is 0 Å². The Labute approximate surface area is 129 Å². The van der Waals surface area contributed by atoms with Gasteiger partial charge in [0.15, 0.2) is 0 Å². The highest BCUT2D eigenvalue weighted by molar-refractivity contribution is 7.91. The second-order valence-electron chi connectivity index (χ2n) is 7.49. The van der Waals surface area contributed by atoms with Crippen molar-refractivity contribution in [2.75, 3.05) is 31.1 Å². The van der Waals surface area contributed by atoms with E-state index in [2.05, 4.69) is 17.1 Å². The van der Waals surface area contributed by atoms with Gasteiger partial charge < -0.3 is 5.32 Å². The Hall–Kier alpha value is -0.130. The van der Waals surface area contributed by atoms with E-state index < -0.39 is 9.84 Å². The molecular formula is C16H30N2O2S. The molecule has 5 heteroatoms. The average molecular weight is 314 g/mol. The molecule has 3 aliphatic rings. The van der Waals surface area contributed by atoms with Gasteiger partial charge in [-0.1, -0.05) is 6.92 Å². The third kappa shape index (κ3) is 3.62. The average Bonchev–Trinajstić information content (AvgIpc) is 3.30. The second-order valence-corrected chi connectivity index (χ2v) is 9.96. The van der Waals surface area contributed by atoms with Crippen molar-refractivity contribution < 1.29 is 8.42 Å². The van der Waals surface area contributed by atoms with Crippen LogP contribution in [-0.4, -0.2) is 56.0 Å². The third-order valence-electron chi connectivity index (χ3n) is 5.83. The van der Waals surface area contributed by atoms with Crippen LogP contribution < -0.4 is 5.32 Å². The zero-order chi connectivity index (χ0) is 15.1. The summed E-state index contributed by atoms with van der Waals surface area (Å²) >= 11 is 0. The molecule has 0 aromatic rings. The molecule has 2 aliphatic carbocycles. The molecule has 3 fully saturated rings. The molecule has 4 nitrogen and oxygen atoms in total. The fourth-order valence-electron chi connectivity index (χ4n) is 3.85. The third-order valence-corrected chi connectivity index (χ3v) is 7.62. The minimum Gasteiger partial charge on any atom is -0.311 e. The number of hydrogen-bond donors (Lipinski definition) is 1. The topological polar surface area (TPSA) is 49.4 Å². The Morgan fingerprint density at radius 3 is 2.52 bits per heavy atom. The molecule has 122 valence electrons. The van der Waals surface area contributed by atoms with E-state index in [1.165, 1.54) is 25.7 Å². The molecule has 0 aromatic carbocycles. The van der Waals surface area contributed by atoms with Gasteiger partial charge in [-0.15, -0.1) is 0 Å². The van der Waals surface area contributed by atoms with E-state index >= 15 is 0 Å². The van der Waals surface area contributed by atoms with Gasteiger partial charge in [-0.3, -0.25) is 4.90 Å². The molecule has 21 heavy (non-hydrogen) atoms. The van der Waals surface area contributed by atoms with Crippen LogP contribution >= 0.6 is 0 Å². The Kier molecular flexibility index (Phi) is 4.37. The lowest BCUT2D eigenvalue weighted by molar-refractivity contribution is 0.0308. The summed E-state index contributed by atoms with van der Waals surface area (Å²) in [5, 5.41) is 3.78. The number of hydrogen-bond acceptors (Lipinski definition) is 4. The van der Waals surface area contributed by atoms with Gasteiger partial charge in [-0.25, -0.2) is 8.42 Å². The molecule has 2 atom stereocenters. The number of piperazine rings is 1. The van der Waals surface area contributed by atoms with Crippen molar-refractivity contribution in [2.45, 2.75) is 57.5 Å². The lowest BCUT2D eigenvalue weighted by Gasteiger charge is -2.49. The number of sulfone groups is 1. The van der Waals surface area contributed by atoms with Gasteiger partial charge in [0.2, 0.25) is 0 Å². The largest absolute Gasteiger partial charge is 0.311 e. The van der Waals surface area contributed by atoms with Crippen LogP contribution in [-0.2, 0) is 9.84 Å². The van der Waals surface area contributed by atoms with Gasteiger partial charge in [0, 0.05) is 30.4 Å². The summed E-state index contributed by atoms with van der Waals surface area (Å²) in [5.41, 5.74) is 0.251. The van der Waals surface area contributed by atoms with Crippen molar-refractivity contribution in [1.82, 2.24) is 10.2 Å². The highest BCUT2D eigenvalue weighted by Gasteiger charge is 2.49. The molecule has 1 aliphatic heterocycles. The predicted molar refractivity (Wildman–Crippen MR) is 86.2 cm³/mol. The molecule has 1 N–H and O–H groups in total. The fraction of sp³-hybridized carbons (Fsp3) is 1.00. The zero-order valence-electron chi connectivity index (χ0n) is 13.5. The second kappa shape index (κ2) is 5.82. The smallest absolute Gasteiger partial charge is 0.150 e. The van der Waals surface area contributed by atoms with E-state index in [0.29, 0.717) is 11.8 Å². The normalized spacial score (nSPS) is 35.0. The molecule has 2 saturated carbocycles. The van der Waals surface area contributed by atoms with Crippen LogP contribution in [0.15, 0.2) is 0 Å². The fourth-order valence-corrected chi connectivity index (χ4v) is 4.71.